The van der Waals surface area contributed by atoms with E-state index in [0.29, 0.717) is 0 Å². The highest BCUT2D eigenvalue weighted by Crippen LogP contribution is 2.37. The molecule has 0 aliphatic rings. The van der Waals surface area contributed by atoms with E-state index < -0.39 is 0 Å². The van der Waals surface area contributed by atoms with Gasteiger partial charge in [0.1, 0.15) is 17.2 Å². The minimum Gasteiger partial charge on any atom is -0.496 e. The number of hydrogen-bond acceptors (Lipinski definition) is 3. The minimum absolute atomic E-state index is 0.140. The molecule has 0 aliphatic heterocycles. The summed E-state index contributed by atoms with van der Waals surface area (Å²) in [7, 11) is 3.61. The van der Waals surface area contributed by atoms with Crippen molar-refractivity contribution in [3.63, 3.8) is 0 Å². The molecule has 0 aliphatic carbocycles. The molecule has 2 rings (SSSR count). The first kappa shape index (κ1) is 15.4. The summed E-state index contributed by atoms with van der Waals surface area (Å²) in [5, 5.41) is 3.25. The maximum Gasteiger partial charge on any atom is 0.135 e. The molecule has 2 aromatic carbocycles. The Kier molecular flexibility index (Phi) is 4.86. The highest BCUT2D eigenvalue weighted by Gasteiger charge is 2.17. The van der Waals surface area contributed by atoms with E-state index >= 15 is 0 Å². The van der Waals surface area contributed by atoms with E-state index in [4.69, 9.17) is 9.47 Å². The summed E-state index contributed by atoms with van der Waals surface area (Å²) in [4.78, 5) is 0. The summed E-state index contributed by atoms with van der Waals surface area (Å²) in [5.41, 5.74) is 3.41. The van der Waals surface area contributed by atoms with Gasteiger partial charge >= 0.3 is 0 Å². The molecule has 0 heterocycles. The Morgan fingerprint density at radius 2 is 1.57 bits per heavy atom. The van der Waals surface area contributed by atoms with Crippen molar-refractivity contribution in [2.75, 3.05) is 14.2 Å². The van der Waals surface area contributed by atoms with Crippen molar-refractivity contribution in [3.05, 3.63) is 53.1 Å². The van der Waals surface area contributed by atoms with Gasteiger partial charge < -0.3 is 14.8 Å². The maximum atomic E-state index is 6.17. The average molecular weight is 285 g/mol. The van der Waals surface area contributed by atoms with Gasteiger partial charge in [-0.25, -0.2) is 0 Å². The quantitative estimate of drug-likeness (QED) is 0.884. The van der Waals surface area contributed by atoms with Crippen molar-refractivity contribution >= 4 is 0 Å². The largest absolute Gasteiger partial charge is 0.496 e. The van der Waals surface area contributed by atoms with Gasteiger partial charge in [-0.2, -0.15) is 0 Å². The van der Waals surface area contributed by atoms with Gasteiger partial charge in [-0.05, 0) is 57.1 Å². The number of rotatable bonds is 5. The van der Waals surface area contributed by atoms with E-state index in [1.807, 2.05) is 37.4 Å². The third kappa shape index (κ3) is 3.19. The monoisotopic (exact) mass is 285 g/mol. The second-order valence-electron chi connectivity index (χ2n) is 5.18. The van der Waals surface area contributed by atoms with E-state index in [0.717, 1.165) is 28.4 Å². The topological polar surface area (TPSA) is 30.5 Å². The van der Waals surface area contributed by atoms with E-state index in [1.54, 1.807) is 7.11 Å². The van der Waals surface area contributed by atoms with Crippen LogP contribution in [-0.2, 0) is 0 Å². The average Bonchev–Trinajstić information content (AvgIpc) is 2.50. The van der Waals surface area contributed by atoms with Crippen LogP contribution in [0, 0.1) is 13.8 Å². The molecule has 1 atom stereocenters. The molecule has 1 unspecified atom stereocenters. The number of methoxy groups -OCH3 is 1. The van der Waals surface area contributed by atoms with Gasteiger partial charge in [0.05, 0.1) is 12.7 Å². The second kappa shape index (κ2) is 6.64. The highest BCUT2D eigenvalue weighted by molar-refractivity contribution is 5.50. The molecule has 0 saturated heterocycles. The third-order valence-electron chi connectivity index (χ3n) is 3.89. The fraction of sp³-hybridized carbons (Fsp3) is 0.333. The number of hydrogen-bond donors (Lipinski definition) is 1. The summed E-state index contributed by atoms with van der Waals surface area (Å²) in [6, 6.07) is 12.1. The number of ether oxygens (including phenoxy) is 2. The van der Waals surface area contributed by atoms with Crippen molar-refractivity contribution in [2.24, 2.45) is 0 Å². The summed E-state index contributed by atoms with van der Waals surface area (Å²) < 4.78 is 11.6. The molecule has 21 heavy (non-hydrogen) atoms. The van der Waals surface area contributed by atoms with Crippen molar-refractivity contribution in [2.45, 2.75) is 26.8 Å². The lowest BCUT2D eigenvalue weighted by atomic mass is 10.1. The molecule has 0 aromatic heterocycles. The smallest absolute Gasteiger partial charge is 0.135 e. The Hall–Kier alpha value is -2.00. The first-order valence-electron chi connectivity index (χ1n) is 7.16. The molecule has 0 saturated carbocycles. The van der Waals surface area contributed by atoms with Gasteiger partial charge in [-0.3, -0.25) is 0 Å². The van der Waals surface area contributed by atoms with Crippen molar-refractivity contribution in [3.8, 4) is 17.2 Å². The van der Waals surface area contributed by atoms with Crippen LogP contribution in [-0.4, -0.2) is 14.2 Å². The first-order chi connectivity index (χ1) is 10.1. The predicted molar refractivity (Wildman–Crippen MR) is 86.5 cm³/mol. The van der Waals surface area contributed by atoms with Crippen LogP contribution in [0.1, 0.15) is 29.7 Å². The molecule has 3 heteroatoms. The predicted octanol–water partition coefficient (Wildman–Crippen LogP) is 4.38. The van der Waals surface area contributed by atoms with Crippen LogP contribution >= 0.6 is 0 Å². The summed E-state index contributed by atoms with van der Waals surface area (Å²) in [6.07, 6.45) is 0. The van der Waals surface area contributed by atoms with Gasteiger partial charge in [0.25, 0.3) is 0 Å². The number of aryl methyl sites for hydroxylation is 1. The zero-order valence-corrected chi connectivity index (χ0v) is 13.4. The molecular formula is C18H23NO2. The van der Waals surface area contributed by atoms with Crippen molar-refractivity contribution in [1.82, 2.24) is 5.32 Å². The van der Waals surface area contributed by atoms with Crippen molar-refractivity contribution < 1.29 is 9.47 Å². The fourth-order valence-corrected chi connectivity index (χ4v) is 2.32. The SMILES string of the molecule is CNC(C)c1c(OC)cccc1Oc1cccc(C)c1C. The normalized spacial score (nSPS) is 12.0. The van der Waals surface area contributed by atoms with E-state index in [2.05, 4.69) is 32.2 Å². The van der Waals surface area contributed by atoms with Crippen LogP contribution in [0.25, 0.3) is 0 Å². The van der Waals surface area contributed by atoms with E-state index in [1.165, 1.54) is 5.56 Å². The Balaban J connectivity index is 2.46. The molecule has 0 bridgehead atoms. The van der Waals surface area contributed by atoms with Gasteiger partial charge in [-0.15, -0.1) is 0 Å². The second-order valence-corrected chi connectivity index (χ2v) is 5.18. The molecular weight excluding hydrogens is 262 g/mol. The number of benzene rings is 2. The Morgan fingerprint density at radius 1 is 0.952 bits per heavy atom. The lowest BCUT2D eigenvalue weighted by Crippen LogP contribution is -2.14. The van der Waals surface area contributed by atoms with Gasteiger partial charge in [-0.1, -0.05) is 18.2 Å². The zero-order valence-electron chi connectivity index (χ0n) is 13.4. The Bertz CT molecular complexity index is 623. The summed E-state index contributed by atoms with van der Waals surface area (Å²) in [5.74, 6) is 2.54. The van der Waals surface area contributed by atoms with E-state index in [9.17, 15) is 0 Å². The fourth-order valence-electron chi connectivity index (χ4n) is 2.32. The molecule has 1 N–H and O–H groups in total. The number of nitrogens with one attached hydrogen (secondary N) is 1. The highest BCUT2D eigenvalue weighted by atomic mass is 16.5. The summed E-state index contributed by atoms with van der Waals surface area (Å²) >= 11 is 0. The van der Waals surface area contributed by atoms with Gasteiger partial charge in [0.2, 0.25) is 0 Å². The Labute approximate surface area is 126 Å². The molecule has 0 radical (unpaired) electrons. The van der Waals surface area contributed by atoms with Crippen molar-refractivity contribution in [1.29, 1.82) is 0 Å². The molecule has 0 fully saturated rings. The van der Waals surface area contributed by atoms with E-state index in [-0.39, 0.29) is 6.04 Å². The van der Waals surface area contributed by atoms with Crippen LogP contribution in [0.2, 0.25) is 0 Å². The maximum absolute atomic E-state index is 6.17. The lowest BCUT2D eigenvalue weighted by molar-refractivity contribution is 0.392. The molecule has 2 aromatic rings. The zero-order chi connectivity index (χ0) is 15.4. The van der Waals surface area contributed by atoms with Crippen LogP contribution in [0.5, 0.6) is 17.2 Å². The standard InChI is InChI=1S/C18H23NO2/c1-12-8-6-9-15(13(12)2)21-17-11-7-10-16(20-5)18(17)14(3)19-4/h6-11,14,19H,1-5H3. The molecule has 0 amide bonds. The molecule has 3 nitrogen and oxygen atoms in total. The lowest BCUT2D eigenvalue weighted by Gasteiger charge is -2.20. The third-order valence-corrected chi connectivity index (χ3v) is 3.89. The van der Waals surface area contributed by atoms with Gasteiger partial charge in [0, 0.05) is 6.04 Å². The van der Waals surface area contributed by atoms with Crippen LogP contribution < -0.4 is 14.8 Å². The first-order valence-corrected chi connectivity index (χ1v) is 7.16. The van der Waals surface area contributed by atoms with Crippen LogP contribution in [0.15, 0.2) is 36.4 Å². The summed E-state index contributed by atoms with van der Waals surface area (Å²) in [6.45, 7) is 6.25. The van der Waals surface area contributed by atoms with Gasteiger partial charge in [0.15, 0.2) is 0 Å². The Morgan fingerprint density at radius 3 is 2.24 bits per heavy atom. The van der Waals surface area contributed by atoms with Crippen LogP contribution in [0.4, 0.5) is 0 Å². The van der Waals surface area contributed by atoms with Crippen LogP contribution in [0.3, 0.4) is 0 Å². The minimum atomic E-state index is 0.140. The molecule has 112 valence electrons. The molecule has 0 spiro atoms.